The molecule has 0 radical (unpaired) electrons. The lowest BCUT2D eigenvalue weighted by Crippen LogP contribution is -2.35. The number of carbonyl (C=O) groups excluding carboxylic acids is 2. The van der Waals surface area contributed by atoms with E-state index >= 15 is 0 Å². The van der Waals surface area contributed by atoms with E-state index in [0.717, 1.165) is 5.39 Å². The summed E-state index contributed by atoms with van der Waals surface area (Å²) in [5.41, 5.74) is 0.348. The van der Waals surface area contributed by atoms with Crippen LogP contribution in [0.3, 0.4) is 0 Å². The fourth-order valence-corrected chi connectivity index (χ4v) is 4.02. The van der Waals surface area contributed by atoms with Crippen LogP contribution in [-0.2, 0) is 9.59 Å². The van der Waals surface area contributed by atoms with E-state index in [1.54, 1.807) is 68.9 Å². The van der Waals surface area contributed by atoms with Crippen LogP contribution in [0.5, 0.6) is 23.0 Å². The van der Waals surface area contributed by atoms with Gasteiger partial charge in [0.2, 0.25) is 11.8 Å². The van der Waals surface area contributed by atoms with Crippen molar-refractivity contribution in [1.82, 2.24) is 4.98 Å². The molecule has 0 spiro atoms. The Hall–Kier alpha value is -4.66. The van der Waals surface area contributed by atoms with E-state index < -0.39 is 23.0 Å². The lowest BCUT2D eigenvalue weighted by Gasteiger charge is -2.16. The zero-order chi connectivity index (χ0) is 26.0. The third-order valence-electron chi connectivity index (χ3n) is 6.25. The van der Waals surface area contributed by atoms with Crippen molar-refractivity contribution in [3.05, 3.63) is 78.7 Å². The highest BCUT2D eigenvalue weighted by atomic mass is 19.1. The molecule has 4 aromatic rings. The molecule has 8 nitrogen and oxygen atoms in total. The van der Waals surface area contributed by atoms with Crippen molar-refractivity contribution >= 4 is 34.1 Å². The number of amides is 2. The maximum atomic E-state index is 13.4. The second-order valence-corrected chi connectivity index (χ2v) is 8.66. The molecule has 3 aromatic carbocycles. The van der Waals surface area contributed by atoms with Crippen LogP contribution in [0.15, 0.2) is 72.9 Å². The van der Waals surface area contributed by atoms with Crippen LogP contribution >= 0.6 is 0 Å². The molecule has 2 N–H and O–H groups in total. The predicted octanol–water partition coefficient (Wildman–Crippen LogP) is 5.54. The van der Waals surface area contributed by atoms with Gasteiger partial charge in [-0.05, 0) is 67.4 Å². The van der Waals surface area contributed by atoms with Gasteiger partial charge in [-0.3, -0.25) is 14.6 Å². The third kappa shape index (κ3) is 4.88. The van der Waals surface area contributed by atoms with Gasteiger partial charge in [0.25, 0.3) is 0 Å². The van der Waals surface area contributed by atoms with E-state index in [9.17, 15) is 14.0 Å². The molecule has 0 saturated heterocycles. The van der Waals surface area contributed by atoms with E-state index in [2.05, 4.69) is 15.6 Å². The molecule has 0 aliphatic heterocycles. The van der Waals surface area contributed by atoms with Crippen LogP contribution < -0.4 is 24.8 Å². The zero-order valence-electron chi connectivity index (χ0n) is 20.2. The van der Waals surface area contributed by atoms with Gasteiger partial charge < -0.3 is 24.8 Å². The summed E-state index contributed by atoms with van der Waals surface area (Å²) >= 11 is 0. The number of hydrogen-bond donors (Lipinski definition) is 2. The van der Waals surface area contributed by atoms with E-state index in [-0.39, 0.29) is 0 Å². The van der Waals surface area contributed by atoms with Crippen LogP contribution in [-0.4, -0.2) is 31.0 Å². The molecule has 1 heterocycles. The molecule has 37 heavy (non-hydrogen) atoms. The number of fused-ring (bicyclic) bond motifs is 1. The Morgan fingerprint density at radius 1 is 0.838 bits per heavy atom. The lowest BCUT2D eigenvalue weighted by molar-refractivity contribution is -0.131. The number of nitrogens with one attached hydrogen (secondary N) is 2. The molecule has 1 aromatic heterocycles. The maximum Gasteiger partial charge on any atom is 0.240 e. The van der Waals surface area contributed by atoms with Crippen molar-refractivity contribution in [2.45, 2.75) is 12.8 Å². The van der Waals surface area contributed by atoms with Gasteiger partial charge in [-0.25, -0.2) is 4.39 Å². The molecule has 188 valence electrons. The first-order chi connectivity index (χ1) is 17.9. The first kappa shape index (κ1) is 24.1. The van der Waals surface area contributed by atoms with Gasteiger partial charge in [0, 0.05) is 29.0 Å². The average Bonchev–Trinajstić information content (AvgIpc) is 3.72. The fourth-order valence-electron chi connectivity index (χ4n) is 4.02. The summed E-state index contributed by atoms with van der Waals surface area (Å²) in [5.74, 6) is 0.926. The van der Waals surface area contributed by atoms with E-state index in [0.29, 0.717) is 52.7 Å². The number of pyridine rings is 1. The van der Waals surface area contributed by atoms with Crippen molar-refractivity contribution in [3.63, 3.8) is 0 Å². The zero-order valence-corrected chi connectivity index (χ0v) is 20.2. The molecule has 2 amide bonds. The molecule has 1 aliphatic carbocycles. The molecule has 1 fully saturated rings. The summed E-state index contributed by atoms with van der Waals surface area (Å²) in [4.78, 5) is 30.1. The van der Waals surface area contributed by atoms with Crippen LogP contribution in [0.1, 0.15) is 12.8 Å². The molecule has 5 rings (SSSR count). The predicted molar refractivity (Wildman–Crippen MR) is 137 cm³/mol. The van der Waals surface area contributed by atoms with Crippen LogP contribution in [0.4, 0.5) is 15.8 Å². The summed E-state index contributed by atoms with van der Waals surface area (Å²) in [7, 11) is 3.12. The molecule has 0 bridgehead atoms. The average molecular weight is 502 g/mol. The summed E-state index contributed by atoms with van der Waals surface area (Å²) in [6.45, 7) is 0. The van der Waals surface area contributed by atoms with Gasteiger partial charge in [0.05, 0.1) is 19.7 Å². The van der Waals surface area contributed by atoms with E-state index in [1.165, 1.54) is 18.2 Å². The monoisotopic (exact) mass is 501 g/mol. The molecule has 1 aliphatic rings. The first-order valence-electron chi connectivity index (χ1n) is 11.6. The molecular formula is C28H24FN3O5. The molecule has 0 unspecified atom stereocenters. The topological polar surface area (TPSA) is 98.8 Å². The SMILES string of the molecule is COc1cc2nccc(Oc3ccc(NC(=O)C4(C(=O)Nc5cccc(F)c5)CC4)cc3)c2cc1OC. The standard InChI is InChI=1S/C28H24FN3O5/c1-35-24-15-21-22(16-25(24)36-2)30-13-10-23(21)37-20-8-6-18(7-9-20)31-26(33)28(11-12-28)27(34)32-19-5-3-4-17(29)14-19/h3-10,13-16H,11-12H2,1-2H3,(H,31,33)(H,32,34). The summed E-state index contributed by atoms with van der Waals surface area (Å²) in [6, 6.07) is 17.7. The lowest BCUT2D eigenvalue weighted by atomic mass is 10.0. The first-order valence-corrected chi connectivity index (χ1v) is 11.6. The minimum atomic E-state index is -1.17. The molecular weight excluding hydrogens is 477 g/mol. The Bertz CT molecular complexity index is 1490. The Labute approximate surface area is 212 Å². The van der Waals surface area contributed by atoms with Crippen LogP contribution in [0, 0.1) is 11.2 Å². The number of nitrogens with zero attached hydrogens (tertiary/aromatic N) is 1. The second-order valence-electron chi connectivity index (χ2n) is 8.66. The highest BCUT2D eigenvalue weighted by molar-refractivity contribution is 6.16. The number of ether oxygens (including phenoxy) is 3. The smallest absolute Gasteiger partial charge is 0.240 e. The highest BCUT2D eigenvalue weighted by Crippen LogP contribution is 2.47. The Kier molecular flexibility index (Phi) is 6.35. The van der Waals surface area contributed by atoms with E-state index in [1.807, 2.05) is 0 Å². The van der Waals surface area contributed by atoms with Crippen molar-refractivity contribution in [2.75, 3.05) is 24.9 Å². The number of rotatable bonds is 8. The Balaban J connectivity index is 1.27. The van der Waals surface area contributed by atoms with Crippen LogP contribution in [0.25, 0.3) is 10.9 Å². The van der Waals surface area contributed by atoms with Crippen molar-refractivity contribution in [3.8, 4) is 23.0 Å². The highest BCUT2D eigenvalue weighted by Gasteiger charge is 2.56. The number of aromatic nitrogens is 1. The normalized spacial score (nSPS) is 13.5. The minimum Gasteiger partial charge on any atom is -0.493 e. The van der Waals surface area contributed by atoms with Gasteiger partial charge in [-0.2, -0.15) is 0 Å². The molecule has 9 heteroatoms. The van der Waals surface area contributed by atoms with Crippen molar-refractivity contribution in [1.29, 1.82) is 0 Å². The fraction of sp³-hybridized carbons (Fsp3) is 0.179. The number of hydrogen-bond acceptors (Lipinski definition) is 6. The number of benzene rings is 3. The Morgan fingerprint density at radius 2 is 1.51 bits per heavy atom. The van der Waals surface area contributed by atoms with Gasteiger partial charge in [0.1, 0.15) is 22.7 Å². The van der Waals surface area contributed by atoms with Gasteiger partial charge in [-0.15, -0.1) is 0 Å². The maximum absolute atomic E-state index is 13.4. The van der Waals surface area contributed by atoms with Crippen molar-refractivity contribution < 1.29 is 28.2 Å². The van der Waals surface area contributed by atoms with Gasteiger partial charge in [-0.1, -0.05) is 6.07 Å². The quantitative estimate of drug-likeness (QED) is 0.308. The van der Waals surface area contributed by atoms with Gasteiger partial charge >= 0.3 is 0 Å². The molecule has 0 atom stereocenters. The van der Waals surface area contributed by atoms with Crippen molar-refractivity contribution in [2.24, 2.45) is 5.41 Å². The minimum absolute atomic E-state index is 0.310. The third-order valence-corrected chi connectivity index (χ3v) is 6.25. The summed E-state index contributed by atoms with van der Waals surface area (Å²) in [6.07, 6.45) is 2.48. The van der Waals surface area contributed by atoms with Crippen LogP contribution in [0.2, 0.25) is 0 Å². The Morgan fingerprint density at radius 3 is 2.16 bits per heavy atom. The van der Waals surface area contributed by atoms with E-state index in [4.69, 9.17) is 14.2 Å². The number of halogens is 1. The molecule has 1 saturated carbocycles. The number of carbonyl (C=O) groups is 2. The number of methoxy groups -OCH3 is 2. The van der Waals surface area contributed by atoms with Gasteiger partial charge in [0.15, 0.2) is 11.5 Å². The number of anilines is 2. The largest absolute Gasteiger partial charge is 0.493 e. The summed E-state index contributed by atoms with van der Waals surface area (Å²) < 4.78 is 30.2. The second kappa shape index (κ2) is 9.77. The summed E-state index contributed by atoms with van der Waals surface area (Å²) in [5, 5.41) is 6.19.